The Labute approximate surface area is 153 Å². The molecule has 0 bridgehead atoms. The van der Waals surface area contributed by atoms with Crippen molar-refractivity contribution < 1.29 is 9.53 Å². The van der Waals surface area contributed by atoms with Gasteiger partial charge in [0.15, 0.2) is 0 Å². The molecule has 0 aliphatic carbocycles. The van der Waals surface area contributed by atoms with Gasteiger partial charge in [0.2, 0.25) is 0 Å². The topological polar surface area (TPSA) is 63.2 Å². The summed E-state index contributed by atoms with van der Waals surface area (Å²) in [5, 5.41) is 8.32. The molecule has 2 aromatic rings. The maximum atomic E-state index is 11.6. The first-order chi connectivity index (χ1) is 11.8. The number of hydrogen-bond donors (Lipinski definition) is 2. The normalized spacial score (nSPS) is 12.6. The highest BCUT2D eigenvalue weighted by Gasteiger charge is 2.15. The van der Waals surface area contributed by atoms with Crippen molar-refractivity contribution in [3.63, 3.8) is 0 Å². The maximum Gasteiger partial charge on any atom is 0.407 e. The number of amides is 1. The van der Waals surface area contributed by atoms with Gasteiger partial charge in [0.1, 0.15) is 5.60 Å². The number of nitrogens with zero attached hydrogens (tertiary/aromatic N) is 1. The molecular weight excluding hydrogens is 334 g/mol. The Morgan fingerprint density at radius 3 is 2.52 bits per heavy atom. The van der Waals surface area contributed by atoms with E-state index in [0.717, 1.165) is 18.7 Å². The molecule has 0 spiro atoms. The predicted octanol–water partition coefficient (Wildman–Crippen LogP) is 4.06. The zero-order valence-corrected chi connectivity index (χ0v) is 16.2. The van der Waals surface area contributed by atoms with Crippen molar-refractivity contribution in [3.8, 4) is 0 Å². The lowest BCUT2D eigenvalue weighted by atomic mass is 10.1. The molecule has 25 heavy (non-hydrogen) atoms. The van der Waals surface area contributed by atoms with Crippen molar-refractivity contribution in [1.29, 1.82) is 0 Å². The predicted molar refractivity (Wildman–Crippen MR) is 102 cm³/mol. The Morgan fingerprint density at radius 2 is 1.92 bits per heavy atom. The van der Waals surface area contributed by atoms with Crippen LogP contribution in [0.1, 0.15) is 50.6 Å². The fourth-order valence-electron chi connectivity index (χ4n) is 2.26. The summed E-state index contributed by atoms with van der Waals surface area (Å²) >= 11 is 1.61. The first-order valence-electron chi connectivity index (χ1n) is 8.49. The first kappa shape index (κ1) is 19.4. The summed E-state index contributed by atoms with van der Waals surface area (Å²) in [6, 6.07) is 8.67. The minimum Gasteiger partial charge on any atom is -0.444 e. The molecule has 0 saturated carbocycles. The summed E-state index contributed by atoms with van der Waals surface area (Å²) in [6.07, 6.45) is 0.409. The Kier molecular flexibility index (Phi) is 6.96. The average molecular weight is 362 g/mol. The van der Waals surface area contributed by atoms with Crippen LogP contribution < -0.4 is 10.6 Å². The van der Waals surface area contributed by atoms with Crippen molar-refractivity contribution >= 4 is 17.4 Å². The number of rotatable bonds is 7. The molecule has 1 aromatic carbocycles. The first-order valence-corrected chi connectivity index (χ1v) is 9.44. The summed E-state index contributed by atoms with van der Waals surface area (Å²) in [5.41, 5.74) is 4.88. The molecule has 0 aliphatic heterocycles. The molecule has 1 unspecified atom stereocenters. The van der Waals surface area contributed by atoms with Gasteiger partial charge in [-0.1, -0.05) is 24.3 Å². The van der Waals surface area contributed by atoms with E-state index in [4.69, 9.17) is 4.74 Å². The van der Waals surface area contributed by atoms with Gasteiger partial charge in [0, 0.05) is 24.5 Å². The zero-order valence-electron chi connectivity index (χ0n) is 15.3. The molecule has 0 fully saturated rings. The smallest absolute Gasteiger partial charge is 0.407 e. The van der Waals surface area contributed by atoms with E-state index >= 15 is 0 Å². The fraction of sp³-hybridized carbons (Fsp3) is 0.474. The van der Waals surface area contributed by atoms with Crippen LogP contribution in [-0.4, -0.2) is 23.2 Å². The monoisotopic (exact) mass is 361 g/mol. The van der Waals surface area contributed by atoms with Gasteiger partial charge in [-0.3, -0.25) is 0 Å². The average Bonchev–Trinajstić information content (AvgIpc) is 3.06. The molecule has 136 valence electrons. The number of nitrogens with one attached hydrogen (secondary N) is 2. The minimum atomic E-state index is -0.464. The Morgan fingerprint density at radius 1 is 1.24 bits per heavy atom. The second-order valence-corrected chi connectivity index (χ2v) is 7.73. The van der Waals surface area contributed by atoms with E-state index in [9.17, 15) is 4.79 Å². The van der Waals surface area contributed by atoms with E-state index in [2.05, 4.69) is 52.2 Å². The SMILES string of the molecule is CC(NCc1ccc(CCNC(=O)OC(C)(C)C)cc1)c1cscn1. The number of benzene rings is 1. The molecule has 5 nitrogen and oxygen atoms in total. The van der Waals surface area contributed by atoms with Gasteiger partial charge < -0.3 is 15.4 Å². The molecular formula is C19H27N3O2S. The number of aromatic nitrogens is 1. The van der Waals surface area contributed by atoms with Crippen molar-refractivity contribution in [2.45, 2.75) is 52.3 Å². The molecule has 1 heterocycles. The highest BCUT2D eigenvalue weighted by molar-refractivity contribution is 7.07. The van der Waals surface area contributed by atoms with E-state index in [1.165, 1.54) is 11.1 Å². The molecule has 2 N–H and O–H groups in total. The number of thiazole rings is 1. The number of hydrogen-bond acceptors (Lipinski definition) is 5. The van der Waals surface area contributed by atoms with Crippen LogP contribution in [0.3, 0.4) is 0 Å². The van der Waals surface area contributed by atoms with Crippen LogP contribution in [0.25, 0.3) is 0 Å². The lowest BCUT2D eigenvalue weighted by Gasteiger charge is -2.19. The van der Waals surface area contributed by atoms with E-state index in [-0.39, 0.29) is 12.1 Å². The van der Waals surface area contributed by atoms with E-state index < -0.39 is 5.60 Å². The van der Waals surface area contributed by atoms with Gasteiger partial charge >= 0.3 is 6.09 Å². The second-order valence-electron chi connectivity index (χ2n) is 7.01. The number of ether oxygens (including phenoxy) is 1. The van der Waals surface area contributed by atoms with E-state index in [0.29, 0.717) is 6.54 Å². The molecule has 1 amide bonds. The van der Waals surface area contributed by atoms with Gasteiger partial charge in [-0.2, -0.15) is 0 Å². The second kappa shape index (κ2) is 8.97. The van der Waals surface area contributed by atoms with Crippen LogP contribution in [0.5, 0.6) is 0 Å². The Balaban J connectivity index is 1.71. The molecule has 1 atom stereocenters. The minimum absolute atomic E-state index is 0.240. The van der Waals surface area contributed by atoms with Gasteiger partial charge in [-0.15, -0.1) is 11.3 Å². The van der Waals surface area contributed by atoms with E-state index in [1.807, 2.05) is 26.3 Å². The third-order valence-electron chi connectivity index (χ3n) is 3.61. The van der Waals surface area contributed by atoms with Crippen LogP contribution in [-0.2, 0) is 17.7 Å². The van der Waals surface area contributed by atoms with Crippen LogP contribution in [0, 0.1) is 0 Å². The largest absolute Gasteiger partial charge is 0.444 e. The number of carbonyl (C=O) groups excluding carboxylic acids is 1. The summed E-state index contributed by atoms with van der Waals surface area (Å²) < 4.78 is 5.22. The maximum absolute atomic E-state index is 11.6. The van der Waals surface area contributed by atoms with Crippen molar-refractivity contribution in [1.82, 2.24) is 15.6 Å². The fourth-order valence-corrected chi connectivity index (χ4v) is 2.91. The highest BCUT2D eigenvalue weighted by atomic mass is 32.1. The molecule has 0 radical (unpaired) electrons. The quantitative estimate of drug-likeness (QED) is 0.780. The summed E-state index contributed by atoms with van der Waals surface area (Å²) in [5.74, 6) is 0. The van der Waals surface area contributed by atoms with Crippen molar-refractivity contribution in [2.24, 2.45) is 0 Å². The van der Waals surface area contributed by atoms with Crippen LogP contribution in [0.4, 0.5) is 4.79 Å². The van der Waals surface area contributed by atoms with Crippen LogP contribution in [0.2, 0.25) is 0 Å². The standard InChI is InChI=1S/C19H27N3O2S/c1-14(17-12-25-13-22-17)21-11-16-7-5-15(6-8-16)9-10-20-18(23)24-19(2,3)4/h5-8,12-14,21H,9-11H2,1-4H3,(H,20,23). The third-order valence-corrected chi connectivity index (χ3v) is 4.22. The molecule has 0 aliphatic rings. The third kappa shape index (κ3) is 7.23. The summed E-state index contributed by atoms with van der Waals surface area (Å²) in [7, 11) is 0. The van der Waals surface area contributed by atoms with Crippen molar-refractivity contribution in [2.75, 3.05) is 6.54 Å². The summed E-state index contributed by atoms with van der Waals surface area (Å²) in [6.45, 7) is 9.05. The van der Waals surface area contributed by atoms with Gasteiger partial charge in [-0.05, 0) is 45.2 Å². The molecule has 6 heteroatoms. The summed E-state index contributed by atoms with van der Waals surface area (Å²) in [4.78, 5) is 15.9. The van der Waals surface area contributed by atoms with Crippen LogP contribution >= 0.6 is 11.3 Å². The lowest BCUT2D eigenvalue weighted by Crippen LogP contribution is -2.33. The van der Waals surface area contributed by atoms with Crippen molar-refractivity contribution in [3.05, 3.63) is 52.0 Å². The van der Waals surface area contributed by atoms with Gasteiger partial charge in [0.25, 0.3) is 0 Å². The molecule has 0 saturated heterocycles. The Bertz CT molecular complexity index is 648. The number of carbonyl (C=O) groups is 1. The molecule has 2 rings (SSSR count). The van der Waals surface area contributed by atoms with Crippen LogP contribution in [0.15, 0.2) is 35.2 Å². The lowest BCUT2D eigenvalue weighted by molar-refractivity contribution is 0.0528. The van der Waals surface area contributed by atoms with Gasteiger partial charge in [0.05, 0.1) is 11.2 Å². The van der Waals surface area contributed by atoms with E-state index in [1.54, 1.807) is 11.3 Å². The zero-order chi connectivity index (χ0) is 18.3. The number of alkyl carbamates (subject to hydrolysis) is 1. The Hall–Kier alpha value is -1.92. The molecule has 1 aromatic heterocycles. The van der Waals surface area contributed by atoms with Gasteiger partial charge in [-0.25, -0.2) is 9.78 Å². The highest BCUT2D eigenvalue weighted by Crippen LogP contribution is 2.13.